The molecule has 0 aliphatic carbocycles. The normalized spacial score (nSPS) is 10.9. The number of benzene rings is 2. The van der Waals surface area contributed by atoms with Crippen LogP contribution in [0.15, 0.2) is 53.5 Å². The predicted molar refractivity (Wildman–Crippen MR) is 98.4 cm³/mol. The molecule has 0 saturated carbocycles. The van der Waals surface area contributed by atoms with Gasteiger partial charge in [-0.3, -0.25) is 9.79 Å². The Bertz CT molecular complexity index is 712. The van der Waals surface area contributed by atoms with Gasteiger partial charge in [-0.1, -0.05) is 0 Å². The lowest BCUT2D eigenvalue weighted by Gasteiger charge is -2.07. The molecule has 0 unspecified atom stereocenters. The highest BCUT2D eigenvalue weighted by atomic mass is 16.5. The SMILES string of the molecule is COc1ccc(NC(N)=NCCNC(=O)c2ccc(OC)cc2)cc1. The summed E-state index contributed by atoms with van der Waals surface area (Å²) in [6, 6.07) is 14.2. The van der Waals surface area contributed by atoms with E-state index in [1.54, 1.807) is 38.5 Å². The van der Waals surface area contributed by atoms with Crippen molar-refractivity contribution in [3.63, 3.8) is 0 Å². The molecule has 1 amide bonds. The molecule has 2 aromatic rings. The molecule has 0 radical (unpaired) electrons. The summed E-state index contributed by atoms with van der Waals surface area (Å²) < 4.78 is 10.1. The average Bonchev–Trinajstić information content (AvgIpc) is 2.65. The number of carbonyl (C=O) groups is 1. The highest BCUT2D eigenvalue weighted by molar-refractivity contribution is 5.94. The second kappa shape index (κ2) is 9.17. The zero-order valence-electron chi connectivity index (χ0n) is 14.3. The number of nitrogens with zero attached hydrogens (tertiary/aromatic N) is 1. The van der Waals surface area contributed by atoms with E-state index in [-0.39, 0.29) is 11.9 Å². The van der Waals surface area contributed by atoms with E-state index in [2.05, 4.69) is 15.6 Å². The summed E-state index contributed by atoms with van der Waals surface area (Å²) in [6.45, 7) is 0.757. The highest BCUT2D eigenvalue weighted by Gasteiger charge is 2.04. The summed E-state index contributed by atoms with van der Waals surface area (Å²) in [6.07, 6.45) is 0. The van der Waals surface area contributed by atoms with E-state index in [4.69, 9.17) is 15.2 Å². The maximum atomic E-state index is 12.0. The minimum Gasteiger partial charge on any atom is -0.497 e. The van der Waals surface area contributed by atoms with Gasteiger partial charge in [-0.15, -0.1) is 0 Å². The van der Waals surface area contributed by atoms with Gasteiger partial charge in [0, 0.05) is 17.8 Å². The van der Waals surface area contributed by atoms with Crippen LogP contribution in [-0.2, 0) is 0 Å². The van der Waals surface area contributed by atoms with Gasteiger partial charge in [0.15, 0.2) is 5.96 Å². The lowest BCUT2D eigenvalue weighted by atomic mass is 10.2. The van der Waals surface area contributed by atoms with Crippen molar-refractivity contribution >= 4 is 17.6 Å². The van der Waals surface area contributed by atoms with Crippen molar-refractivity contribution in [2.24, 2.45) is 10.7 Å². The molecule has 7 nitrogen and oxygen atoms in total. The molecule has 7 heteroatoms. The minimum absolute atomic E-state index is 0.167. The Labute approximate surface area is 146 Å². The van der Waals surface area contributed by atoms with Gasteiger partial charge in [0.1, 0.15) is 11.5 Å². The van der Waals surface area contributed by atoms with Gasteiger partial charge in [-0.05, 0) is 48.5 Å². The molecule has 4 N–H and O–H groups in total. The summed E-state index contributed by atoms with van der Waals surface area (Å²) in [7, 11) is 3.19. The Morgan fingerprint density at radius 2 is 1.56 bits per heavy atom. The Balaban J connectivity index is 1.76. The third kappa shape index (κ3) is 5.72. The van der Waals surface area contributed by atoms with Crippen LogP contribution in [0.25, 0.3) is 0 Å². The first-order chi connectivity index (χ1) is 12.1. The lowest BCUT2D eigenvalue weighted by Crippen LogP contribution is -2.28. The molecule has 0 aliphatic heterocycles. The van der Waals surface area contributed by atoms with Gasteiger partial charge in [0.2, 0.25) is 0 Å². The van der Waals surface area contributed by atoms with Crippen molar-refractivity contribution in [3.8, 4) is 11.5 Å². The zero-order valence-corrected chi connectivity index (χ0v) is 14.3. The van der Waals surface area contributed by atoms with Crippen molar-refractivity contribution in [1.29, 1.82) is 0 Å². The van der Waals surface area contributed by atoms with Crippen molar-refractivity contribution in [2.75, 3.05) is 32.6 Å². The largest absolute Gasteiger partial charge is 0.497 e. The molecule has 0 bridgehead atoms. The summed E-state index contributed by atoms with van der Waals surface area (Å²) >= 11 is 0. The van der Waals surface area contributed by atoms with Crippen LogP contribution in [0.1, 0.15) is 10.4 Å². The zero-order chi connectivity index (χ0) is 18.1. The van der Waals surface area contributed by atoms with E-state index >= 15 is 0 Å². The Hall–Kier alpha value is -3.22. The van der Waals surface area contributed by atoms with E-state index in [0.29, 0.717) is 24.4 Å². The number of guanidine groups is 1. The average molecular weight is 342 g/mol. The maximum Gasteiger partial charge on any atom is 0.251 e. The van der Waals surface area contributed by atoms with Crippen molar-refractivity contribution in [2.45, 2.75) is 0 Å². The molecule has 0 atom stereocenters. The van der Waals surface area contributed by atoms with E-state index in [9.17, 15) is 4.79 Å². The number of nitrogens with one attached hydrogen (secondary N) is 2. The second-order valence-corrected chi connectivity index (χ2v) is 5.10. The third-order valence-electron chi connectivity index (χ3n) is 3.39. The van der Waals surface area contributed by atoms with Gasteiger partial charge in [-0.25, -0.2) is 0 Å². The molecule has 25 heavy (non-hydrogen) atoms. The number of aliphatic imine (C=N–C) groups is 1. The first kappa shape index (κ1) is 18.1. The first-order valence-corrected chi connectivity index (χ1v) is 7.75. The van der Waals surface area contributed by atoms with Gasteiger partial charge in [-0.2, -0.15) is 0 Å². The smallest absolute Gasteiger partial charge is 0.251 e. The number of hydrogen-bond donors (Lipinski definition) is 3. The van der Waals surface area contributed by atoms with Crippen molar-refractivity contribution in [3.05, 3.63) is 54.1 Å². The van der Waals surface area contributed by atoms with Crippen LogP contribution in [-0.4, -0.2) is 39.2 Å². The highest BCUT2D eigenvalue weighted by Crippen LogP contribution is 2.14. The fourth-order valence-corrected chi connectivity index (χ4v) is 2.05. The van der Waals surface area contributed by atoms with Crippen molar-refractivity contribution < 1.29 is 14.3 Å². The van der Waals surface area contributed by atoms with Crippen LogP contribution in [0, 0.1) is 0 Å². The quantitative estimate of drug-likeness (QED) is 0.405. The summed E-state index contributed by atoms with van der Waals surface area (Å²) in [5.74, 6) is 1.59. The predicted octanol–water partition coefficient (Wildman–Crippen LogP) is 1.86. The van der Waals surface area contributed by atoms with Crippen LogP contribution in [0.2, 0.25) is 0 Å². The molecule has 132 valence electrons. The lowest BCUT2D eigenvalue weighted by molar-refractivity contribution is 0.0955. The number of carbonyl (C=O) groups excluding carboxylic acids is 1. The van der Waals surface area contributed by atoms with Crippen LogP contribution in [0.3, 0.4) is 0 Å². The van der Waals surface area contributed by atoms with Gasteiger partial charge < -0.3 is 25.8 Å². The topological polar surface area (TPSA) is 98.0 Å². The Kier molecular flexibility index (Phi) is 6.65. The fourth-order valence-electron chi connectivity index (χ4n) is 2.05. The van der Waals surface area contributed by atoms with Gasteiger partial charge >= 0.3 is 0 Å². The fraction of sp³-hybridized carbons (Fsp3) is 0.222. The first-order valence-electron chi connectivity index (χ1n) is 7.75. The van der Waals surface area contributed by atoms with Crippen molar-refractivity contribution in [1.82, 2.24) is 5.32 Å². The van der Waals surface area contributed by atoms with E-state index in [0.717, 1.165) is 11.4 Å². The molecule has 0 heterocycles. The second-order valence-electron chi connectivity index (χ2n) is 5.10. The molecular formula is C18H22N4O3. The molecule has 2 aromatic carbocycles. The molecule has 0 spiro atoms. The number of amides is 1. The number of nitrogens with two attached hydrogens (primary N) is 1. The standard InChI is InChI=1S/C18H22N4O3/c1-24-15-7-3-13(4-8-15)17(23)20-11-12-21-18(19)22-14-5-9-16(25-2)10-6-14/h3-10H,11-12H2,1-2H3,(H,20,23)(H3,19,21,22). The molecular weight excluding hydrogens is 320 g/mol. The number of hydrogen-bond acceptors (Lipinski definition) is 4. The van der Waals surface area contributed by atoms with Crippen LogP contribution < -0.4 is 25.8 Å². The minimum atomic E-state index is -0.167. The summed E-state index contributed by atoms with van der Waals surface area (Å²) in [5.41, 5.74) is 7.19. The monoisotopic (exact) mass is 342 g/mol. The summed E-state index contributed by atoms with van der Waals surface area (Å²) in [5, 5.41) is 5.76. The molecule has 0 aromatic heterocycles. The molecule has 2 rings (SSSR count). The third-order valence-corrected chi connectivity index (χ3v) is 3.39. The van der Waals surface area contributed by atoms with E-state index < -0.39 is 0 Å². The summed E-state index contributed by atoms with van der Waals surface area (Å²) in [4.78, 5) is 16.2. The number of ether oxygens (including phenoxy) is 2. The van der Waals surface area contributed by atoms with E-state index in [1.165, 1.54) is 0 Å². The Morgan fingerprint density at radius 1 is 1.00 bits per heavy atom. The number of methoxy groups -OCH3 is 2. The molecule has 0 fully saturated rings. The van der Waals surface area contributed by atoms with Gasteiger partial charge in [0.05, 0.1) is 20.8 Å². The number of rotatable bonds is 7. The van der Waals surface area contributed by atoms with E-state index in [1.807, 2.05) is 24.3 Å². The molecule has 0 aliphatic rings. The number of anilines is 1. The maximum absolute atomic E-state index is 12.0. The van der Waals surface area contributed by atoms with Crippen LogP contribution >= 0.6 is 0 Å². The Morgan fingerprint density at radius 3 is 2.12 bits per heavy atom. The van der Waals surface area contributed by atoms with Crippen LogP contribution in [0.4, 0.5) is 5.69 Å². The van der Waals surface area contributed by atoms with Gasteiger partial charge in [0.25, 0.3) is 5.91 Å². The molecule has 0 saturated heterocycles. The van der Waals surface area contributed by atoms with Crippen LogP contribution in [0.5, 0.6) is 11.5 Å².